The lowest BCUT2D eigenvalue weighted by atomic mass is 10.0. The van der Waals surface area contributed by atoms with Gasteiger partial charge >= 0.3 is 0 Å². The van der Waals surface area contributed by atoms with Crippen molar-refractivity contribution >= 4 is 0 Å². The van der Waals surface area contributed by atoms with Crippen molar-refractivity contribution in [2.45, 2.75) is 27.7 Å². The highest BCUT2D eigenvalue weighted by Gasteiger charge is 2.08. The van der Waals surface area contributed by atoms with Crippen molar-refractivity contribution in [2.75, 3.05) is 0 Å². The third-order valence-electron chi connectivity index (χ3n) is 4.61. The summed E-state index contributed by atoms with van der Waals surface area (Å²) in [5.74, 6) is 9.85. The summed E-state index contributed by atoms with van der Waals surface area (Å²) in [4.78, 5) is 0. The molecule has 0 heterocycles. The van der Waals surface area contributed by atoms with Gasteiger partial charge in [0.15, 0.2) is 0 Å². The fourth-order valence-corrected chi connectivity index (χ4v) is 2.77. The van der Waals surface area contributed by atoms with E-state index in [4.69, 9.17) is 0 Å². The van der Waals surface area contributed by atoms with E-state index in [0.717, 1.165) is 22.3 Å². The highest BCUT2D eigenvalue weighted by Crippen LogP contribution is 2.17. The standard InChI is InChI=1S/C26H20F2/c1-17-5-7-21(8-6-17)10-12-24-25(27)15-22(16-26(24)28)9-11-23-14-19(3)18(2)13-20(23)4/h5-8,13-16H,1-4H3. The van der Waals surface area contributed by atoms with Crippen LogP contribution in [-0.2, 0) is 0 Å². The van der Waals surface area contributed by atoms with Crippen LogP contribution in [0.2, 0.25) is 0 Å². The lowest BCUT2D eigenvalue weighted by Gasteiger charge is -2.04. The number of halogens is 2. The van der Waals surface area contributed by atoms with E-state index in [2.05, 4.69) is 29.7 Å². The van der Waals surface area contributed by atoms with Gasteiger partial charge in [0.2, 0.25) is 0 Å². The normalized spacial score (nSPS) is 9.93. The van der Waals surface area contributed by atoms with Crippen LogP contribution in [0.3, 0.4) is 0 Å². The van der Waals surface area contributed by atoms with Crippen LogP contribution in [0.1, 0.15) is 44.5 Å². The van der Waals surface area contributed by atoms with Gasteiger partial charge in [0, 0.05) is 16.7 Å². The first kappa shape index (κ1) is 19.4. The van der Waals surface area contributed by atoms with E-state index in [-0.39, 0.29) is 11.1 Å². The Hall–Kier alpha value is -3.36. The number of benzene rings is 3. The Bertz CT molecular complexity index is 1140. The molecule has 0 atom stereocenters. The molecule has 28 heavy (non-hydrogen) atoms. The maximum absolute atomic E-state index is 14.4. The maximum atomic E-state index is 14.4. The van der Waals surface area contributed by atoms with Gasteiger partial charge in [0.25, 0.3) is 0 Å². The molecule has 0 N–H and O–H groups in total. The van der Waals surface area contributed by atoms with Crippen molar-refractivity contribution in [3.63, 3.8) is 0 Å². The summed E-state index contributed by atoms with van der Waals surface area (Å²) < 4.78 is 28.8. The van der Waals surface area contributed by atoms with Gasteiger partial charge in [-0.15, -0.1) is 0 Å². The molecular formula is C26H20F2. The van der Waals surface area contributed by atoms with E-state index in [1.54, 1.807) is 0 Å². The van der Waals surface area contributed by atoms with Gasteiger partial charge in [-0.1, -0.05) is 47.4 Å². The molecule has 0 radical (unpaired) electrons. The topological polar surface area (TPSA) is 0 Å². The van der Waals surface area contributed by atoms with Crippen LogP contribution in [-0.4, -0.2) is 0 Å². The lowest BCUT2D eigenvalue weighted by Crippen LogP contribution is -1.93. The largest absolute Gasteiger partial charge is 0.205 e. The van der Waals surface area contributed by atoms with Crippen LogP contribution in [0.15, 0.2) is 48.5 Å². The van der Waals surface area contributed by atoms with Gasteiger partial charge in [-0.3, -0.25) is 0 Å². The van der Waals surface area contributed by atoms with E-state index in [0.29, 0.717) is 5.56 Å². The monoisotopic (exact) mass is 370 g/mol. The summed E-state index contributed by atoms with van der Waals surface area (Å²) >= 11 is 0. The SMILES string of the molecule is Cc1ccc(C#Cc2c(F)cc(C#Cc3cc(C)c(C)cc3C)cc2F)cc1. The van der Waals surface area contributed by atoms with Crippen molar-refractivity contribution in [2.24, 2.45) is 0 Å². The molecule has 0 aliphatic rings. The molecule has 0 unspecified atom stereocenters. The van der Waals surface area contributed by atoms with Gasteiger partial charge in [0.1, 0.15) is 11.6 Å². The first-order valence-corrected chi connectivity index (χ1v) is 9.01. The Morgan fingerprint density at radius 2 is 1.14 bits per heavy atom. The number of rotatable bonds is 0. The molecule has 0 aliphatic heterocycles. The molecule has 0 amide bonds. The average molecular weight is 370 g/mol. The Kier molecular flexibility index (Phi) is 5.62. The van der Waals surface area contributed by atoms with E-state index in [1.165, 1.54) is 17.7 Å². The zero-order valence-corrected chi connectivity index (χ0v) is 16.4. The first-order valence-electron chi connectivity index (χ1n) is 9.01. The highest BCUT2D eigenvalue weighted by molar-refractivity contribution is 5.52. The van der Waals surface area contributed by atoms with Gasteiger partial charge in [0.05, 0.1) is 5.56 Å². The molecule has 0 nitrogen and oxygen atoms in total. The van der Waals surface area contributed by atoms with E-state index < -0.39 is 11.6 Å². The van der Waals surface area contributed by atoms with Gasteiger partial charge in [-0.25, -0.2) is 8.78 Å². The molecule has 0 saturated carbocycles. The third-order valence-corrected chi connectivity index (χ3v) is 4.61. The van der Waals surface area contributed by atoms with Gasteiger partial charge in [-0.2, -0.15) is 0 Å². The number of aryl methyl sites for hydroxylation is 4. The zero-order valence-electron chi connectivity index (χ0n) is 16.4. The highest BCUT2D eigenvalue weighted by atomic mass is 19.1. The second-order valence-electron chi connectivity index (χ2n) is 6.93. The maximum Gasteiger partial charge on any atom is 0.143 e. The lowest BCUT2D eigenvalue weighted by molar-refractivity contribution is 0.577. The molecule has 138 valence electrons. The van der Waals surface area contributed by atoms with Crippen LogP contribution in [0.5, 0.6) is 0 Å². The van der Waals surface area contributed by atoms with Crippen LogP contribution < -0.4 is 0 Å². The van der Waals surface area contributed by atoms with E-state index >= 15 is 0 Å². The Labute approximate surface area is 165 Å². The zero-order chi connectivity index (χ0) is 20.3. The summed E-state index contributed by atoms with van der Waals surface area (Å²) in [6.07, 6.45) is 0. The van der Waals surface area contributed by atoms with Crippen molar-refractivity contribution in [1.29, 1.82) is 0 Å². The number of hydrogen-bond acceptors (Lipinski definition) is 0. The average Bonchev–Trinajstić information content (AvgIpc) is 2.64. The predicted octanol–water partition coefficient (Wildman–Crippen LogP) is 6.00. The van der Waals surface area contributed by atoms with Crippen molar-refractivity contribution in [3.05, 3.63) is 105 Å². The molecule has 3 aromatic rings. The summed E-state index contributed by atoms with van der Waals surface area (Å²) in [6.45, 7) is 8.00. The fourth-order valence-electron chi connectivity index (χ4n) is 2.77. The molecule has 0 saturated heterocycles. The van der Waals surface area contributed by atoms with E-state index in [1.807, 2.05) is 58.0 Å². The second kappa shape index (κ2) is 8.12. The van der Waals surface area contributed by atoms with Crippen LogP contribution in [0.4, 0.5) is 8.78 Å². The molecule has 0 fully saturated rings. The van der Waals surface area contributed by atoms with Crippen LogP contribution >= 0.6 is 0 Å². The van der Waals surface area contributed by atoms with Crippen molar-refractivity contribution < 1.29 is 8.78 Å². The van der Waals surface area contributed by atoms with Crippen molar-refractivity contribution in [1.82, 2.24) is 0 Å². The minimum atomic E-state index is -0.708. The quantitative estimate of drug-likeness (QED) is 0.426. The molecule has 2 heteroatoms. The summed E-state index contributed by atoms with van der Waals surface area (Å²) in [7, 11) is 0. The Morgan fingerprint density at radius 3 is 1.79 bits per heavy atom. The summed E-state index contributed by atoms with van der Waals surface area (Å²) in [6, 6.07) is 14.0. The van der Waals surface area contributed by atoms with Crippen LogP contribution in [0.25, 0.3) is 0 Å². The van der Waals surface area contributed by atoms with Crippen molar-refractivity contribution in [3.8, 4) is 23.7 Å². The van der Waals surface area contributed by atoms with E-state index in [9.17, 15) is 8.78 Å². The molecule has 0 aromatic heterocycles. The third kappa shape index (κ3) is 4.48. The second-order valence-corrected chi connectivity index (χ2v) is 6.93. The minimum absolute atomic E-state index is 0.242. The summed E-state index contributed by atoms with van der Waals surface area (Å²) in [5.41, 5.74) is 6.07. The molecule has 0 aliphatic carbocycles. The molecule has 3 aromatic carbocycles. The number of hydrogen-bond donors (Lipinski definition) is 0. The first-order chi connectivity index (χ1) is 13.3. The van der Waals surface area contributed by atoms with Gasteiger partial charge < -0.3 is 0 Å². The molecular weight excluding hydrogens is 350 g/mol. The Morgan fingerprint density at radius 1 is 0.571 bits per heavy atom. The predicted molar refractivity (Wildman–Crippen MR) is 110 cm³/mol. The Balaban J connectivity index is 1.92. The van der Waals surface area contributed by atoms with Gasteiger partial charge in [-0.05, 0) is 74.7 Å². The smallest absolute Gasteiger partial charge is 0.143 e. The molecule has 0 bridgehead atoms. The molecule has 0 spiro atoms. The molecule has 3 rings (SSSR count). The minimum Gasteiger partial charge on any atom is -0.205 e. The van der Waals surface area contributed by atoms with Crippen LogP contribution in [0, 0.1) is 63.0 Å². The summed E-state index contributed by atoms with van der Waals surface area (Å²) in [5, 5.41) is 0. The fraction of sp³-hybridized carbons (Fsp3) is 0.154.